The molecular formula is C11H14IN3O2. The van der Waals surface area contributed by atoms with Crippen molar-refractivity contribution in [1.82, 2.24) is 10.6 Å². The van der Waals surface area contributed by atoms with Gasteiger partial charge in [0.2, 0.25) is 5.91 Å². The van der Waals surface area contributed by atoms with Crippen LogP contribution in [0.3, 0.4) is 0 Å². The van der Waals surface area contributed by atoms with Crippen LogP contribution >= 0.6 is 22.6 Å². The van der Waals surface area contributed by atoms with E-state index in [1.807, 2.05) is 24.3 Å². The van der Waals surface area contributed by atoms with Gasteiger partial charge in [0.05, 0.1) is 0 Å². The molecule has 0 atom stereocenters. The van der Waals surface area contributed by atoms with E-state index in [4.69, 9.17) is 0 Å². The lowest BCUT2D eigenvalue weighted by atomic mass is 10.3. The first kappa shape index (κ1) is 13.8. The van der Waals surface area contributed by atoms with Crippen LogP contribution in [0.5, 0.6) is 0 Å². The van der Waals surface area contributed by atoms with Crippen LogP contribution in [0.25, 0.3) is 0 Å². The van der Waals surface area contributed by atoms with Crippen LogP contribution in [0.15, 0.2) is 24.3 Å². The van der Waals surface area contributed by atoms with Gasteiger partial charge in [0.1, 0.15) is 0 Å². The molecule has 6 heteroatoms. The monoisotopic (exact) mass is 347 g/mol. The maximum atomic E-state index is 11.4. The van der Waals surface area contributed by atoms with Gasteiger partial charge in [-0.1, -0.05) is 6.07 Å². The first-order valence-electron chi connectivity index (χ1n) is 5.13. The lowest BCUT2D eigenvalue weighted by molar-refractivity contribution is -0.118. The van der Waals surface area contributed by atoms with Crippen molar-refractivity contribution in [2.24, 2.45) is 0 Å². The number of nitrogens with one attached hydrogen (secondary N) is 3. The maximum Gasteiger partial charge on any atom is 0.319 e. The topological polar surface area (TPSA) is 70.2 Å². The number of hydrogen-bond acceptors (Lipinski definition) is 2. The Labute approximate surface area is 113 Å². The van der Waals surface area contributed by atoms with Crippen LogP contribution in [0.4, 0.5) is 10.5 Å². The number of urea groups is 1. The van der Waals surface area contributed by atoms with E-state index in [1.165, 1.54) is 6.92 Å². The number of halogens is 1. The molecule has 0 fully saturated rings. The van der Waals surface area contributed by atoms with Gasteiger partial charge in [0, 0.05) is 29.3 Å². The smallest absolute Gasteiger partial charge is 0.319 e. The summed E-state index contributed by atoms with van der Waals surface area (Å²) in [5.74, 6) is -0.107. The second kappa shape index (κ2) is 7.10. The van der Waals surface area contributed by atoms with Crippen LogP contribution < -0.4 is 16.0 Å². The molecule has 0 aliphatic heterocycles. The quantitative estimate of drug-likeness (QED) is 0.571. The Morgan fingerprint density at radius 2 is 1.94 bits per heavy atom. The maximum absolute atomic E-state index is 11.4. The molecule has 92 valence electrons. The third-order valence-electron chi connectivity index (χ3n) is 1.87. The highest BCUT2D eigenvalue weighted by Gasteiger charge is 2.00. The minimum Gasteiger partial charge on any atom is -0.355 e. The Morgan fingerprint density at radius 1 is 1.24 bits per heavy atom. The highest BCUT2D eigenvalue weighted by molar-refractivity contribution is 14.1. The summed E-state index contributed by atoms with van der Waals surface area (Å²) in [5.41, 5.74) is 0.744. The second-order valence-electron chi connectivity index (χ2n) is 3.37. The van der Waals surface area contributed by atoms with Crippen molar-refractivity contribution in [1.29, 1.82) is 0 Å². The van der Waals surface area contributed by atoms with E-state index in [0.717, 1.165) is 9.26 Å². The minimum atomic E-state index is -0.280. The number of amides is 3. The van der Waals surface area contributed by atoms with Crippen LogP contribution in [0.1, 0.15) is 6.92 Å². The first-order chi connectivity index (χ1) is 8.08. The minimum absolute atomic E-state index is 0.107. The van der Waals surface area contributed by atoms with E-state index >= 15 is 0 Å². The van der Waals surface area contributed by atoms with Gasteiger partial charge in [0.25, 0.3) is 0 Å². The predicted molar refractivity (Wildman–Crippen MR) is 74.9 cm³/mol. The summed E-state index contributed by atoms with van der Waals surface area (Å²) < 4.78 is 1.05. The van der Waals surface area contributed by atoms with E-state index < -0.39 is 0 Å². The average molecular weight is 347 g/mol. The Bertz CT molecular complexity index is 409. The van der Waals surface area contributed by atoms with E-state index in [-0.39, 0.29) is 11.9 Å². The van der Waals surface area contributed by atoms with E-state index in [2.05, 4.69) is 38.5 Å². The largest absolute Gasteiger partial charge is 0.355 e. The summed E-state index contributed by atoms with van der Waals surface area (Å²) in [4.78, 5) is 22.0. The van der Waals surface area contributed by atoms with Crippen molar-refractivity contribution in [3.63, 3.8) is 0 Å². The molecule has 0 saturated carbocycles. The zero-order chi connectivity index (χ0) is 12.7. The Hall–Kier alpha value is -1.31. The van der Waals surface area contributed by atoms with Crippen LogP contribution in [-0.4, -0.2) is 25.0 Å². The van der Waals surface area contributed by atoms with Crippen LogP contribution in [0.2, 0.25) is 0 Å². The molecule has 0 saturated heterocycles. The van der Waals surface area contributed by atoms with Crippen LogP contribution in [-0.2, 0) is 4.79 Å². The molecular weight excluding hydrogens is 333 g/mol. The van der Waals surface area contributed by atoms with Gasteiger partial charge in [-0.25, -0.2) is 4.79 Å². The fourth-order valence-electron chi connectivity index (χ4n) is 1.16. The van der Waals surface area contributed by atoms with E-state index in [9.17, 15) is 9.59 Å². The standard InChI is InChI=1S/C11H14IN3O2/c1-8(16)13-5-6-14-11(17)15-10-4-2-3-9(12)7-10/h2-4,7H,5-6H2,1H3,(H,13,16)(H2,14,15,17). The molecule has 1 aromatic rings. The summed E-state index contributed by atoms with van der Waals surface area (Å²) in [7, 11) is 0. The SMILES string of the molecule is CC(=O)NCCNC(=O)Nc1cccc(I)c1. The number of carbonyl (C=O) groups excluding carboxylic acids is 2. The summed E-state index contributed by atoms with van der Waals surface area (Å²) in [6.45, 7) is 2.26. The molecule has 0 bridgehead atoms. The van der Waals surface area contributed by atoms with Gasteiger partial charge in [-0.2, -0.15) is 0 Å². The normalized spacial score (nSPS) is 9.53. The second-order valence-corrected chi connectivity index (χ2v) is 4.62. The fraction of sp³-hybridized carbons (Fsp3) is 0.273. The Morgan fingerprint density at radius 3 is 2.59 bits per heavy atom. The number of benzene rings is 1. The molecule has 0 heterocycles. The van der Waals surface area contributed by atoms with E-state index in [1.54, 1.807) is 0 Å². The van der Waals surface area contributed by atoms with E-state index in [0.29, 0.717) is 13.1 Å². The average Bonchev–Trinajstić information content (AvgIpc) is 2.24. The molecule has 3 N–H and O–H groups in total. The third kappa shape index (κ3) is 6.10. The summed E-state index contributed by atoms with van der Waals surface area (Å²) in [6.07, 6.45) is 0. The van der Waals surface area contributed by atoms with Crippen molar-refractivity contribution >= 4 is 40.2 Å². The molecule has 0 radical (unpaired) electrons. The van der Waals surface area contributed by atoms with Gasteiger partial charge in [-0.05, 0) is 40.8 Å². The Kier molecular flexibility index (Phi) is 5.75. The summed E-state index contributed by atoms with van der Waals surface area (Å²) in [5, 5.41) is 7.93. The van der Waals surface area contributed by atoms with Crippen molar-refractivity contribution in [2.45, 2.75) is 6.92 Å². The zero-order valence-corrected chi connectivity index (χ0v) is 11.6. The molecule has 1 aromatic carbocycles. The molecule has 0 aliphatic rings. The molecule has 0 aromatic heterocycles. The van der Waals surface area contributed by atoms with Crippen LogP contribution in [0, 0.1) is 3.57 Å². The van der Waals surface area contributed by atoms with Gasteiger partial charge in [-0.3, -0.25) is 4.79 Å². The number of carbonyl (C=O) groups is 2. The third-order valence-corrected chi connectivity index (χ3v) is 2.54. The lowest BCUT2D eigenvalue weighted by Gasteiger charge is -2.08. The summed E-state index contributed by atoms with van der Waals surface area (Å²) >= 11 is 2.17. The van der Waals surface area contributed by atoms with Gasteiger partial charge in [-0.15, -0.1) is 0 Å². The molecule has 0 unspecified atom stereocenters. The zero-order valence-electron chi connectivity index (χ0n) is 9.42. The molecule has 17 heavy (non-hydrogen) atoms. The molecule has 5 nitrogen and oxygen atoms in total. The summed E-state index contributed by atoms with van der Waals surface area (Å²) in [6, 6.07) is 7.22. The van der Waals surface area contributed by atoms with Gasteiger partial charge < -0.3 is 16.0 Å². The number of anilines is 1. The molecule has 0 spiro atoms. The highest BCUT2D eigenvalue weighted by Crippen LogP contribution is 2.11. The number of rotatable bonds is 4. The molecule has 0 aliphatic carbocycles. The van der Waals surface area contributed by atoms with Crippen molar-refractivity contribution in [2.75, 3.05) is 18.4 Å². The number of hydrogen-bond donors (Lipinski definition) is 3. The Balaban J connectivity index is 2.27. The highest BCUT2D eigenvalue weighted by atomic mass is 127. The molecule has 1 rings (SSSR count). The lowest BCUT2D eigenvalue weighted by Crippen LogP contribution is -2.36. The molecule has 3 amide bonds. The van der Waals surface area contributed by atoms with Crippen molar-refractivity contribution in [3.8, 4) is 0 Å². The first-order valence-corrected chi connectivity index (χ1v) is 6.20. The predicted octanol–water partition coefficient (Wildman–Crippen LogP) is 1.55. The van der Waals surface area contributed by atoms with Gasteiger partial charge >= 0.3 is 6.03 Å². The van der Waals surface area contributed by atoms with Gasteiger partial charge in [0.15, 0.2) is 0 Å². The van der Waals surface area contributed by atoms with Crippen molar-refractivity contribution in [3.05, 3.63) is 27.8 Å². The fourth-order valence-corrected chi connectivity index (χ4v) is 1.70. The van der Waals surface area contributed by atoms with Crippen molar-refractivity contribution < 1.29 is 9.59 Å².